The molecule has 1 aromatic heterocycles. The van der Waals surface area contributed by atoms with E-state index in [4.69, 9.17) is 0 Å². The zero-order chi connectivity index (χ0) is 16.0. The standard InChI is InChI=1S/C17H22FN3S.HI/c1-17(2,14-6-4-5-7-15(14)18)12-21-16(19-3)20-10-13-8-9-22-11-13;/h4-9,11H,10,12H2,1-3H3,(H2,19,20,21);1H. The Bertz CT molecular complexity index is 627. The highest BCUT2D eigenvalue weighted by molar-refractivity contribution is 14.0. The van der Waals surface area contributed by atoms with Crippen molar-refractivity contribution in [2.24, 2.45) is 4.99 Å². The van der Waals surface area contributed by atoms with Crippen LogP contribution in [0.4, 0.5) is 4.39 Å². The van der Waals surface area contributed by atoms with Crippen molar-refractivity contribution in [3.05, 3.63) is 58.0 Å². The molecule has 0 bridgehead atoms. The lowest BCUT2D eigenvalue weighted by Gasteiger charge is -2.27. The van der Waals surface area contributed by atoms with E-state index in [-0.39, 0.29) is 35.2 Å². The fraction of sp³-hybridized carbons (Fsp3) is 0.353. The fourth-order valence-electron chi connectivity index (χ4n) is 2.21. The number of hydrogen-bond donors (Lipinski definition) is 2. The van der Waals surface area contributed by atoms with E-state index in [1.807, 2.05) is 26.0 Å². The molecule has 0 spiro atoms. The van der Waals surface area contributed by atoms with E-state index in [1.54, 1.807) is 24.5 Å². The number of rotatable bonds is 5. The van der Waals surface area contributed by atoms with E-state index in [0.717, 1.165) is 12.5 Å². The SMILES string of the molecule is CN=C(NCc1ccsc1)NCC(C)(C)c1ccccc1F.I. The summed E-state index contributed by atoms with van der Waals surface area (Å²) in [5, 5.41) is 10.7. The summed E-state index contributed by atoms with van der Waals surface area (Å²) in [4.78, 5) is 4.21. The van der Waals surface area contributed by atoms with Gasteiger partial charge in [0.2, 0.25) is 0 Å². The van der Waals surface area contributed by atoms with Gasteiger partial charge in [0.05, 0.1) is 0 Å². The molecule has 0 radical (unpaired) electrons. The second-order valence-corrected chi connectivity index (χ2v) is 6.55. The van der Waals surface area contributed by atoms with E-state index in [0.29, 0.717) is 12.1 Å². The Hall–Kier alpha value is -1.15. The van der Waals surface area contributed by atoms with Gasteiger partial charge in [0.15, 0.2) is 5.96 Å². The van der Waals surface area contributed by atoms with Gasteiger partial charge in [0.1, 0.15) is 5.82 Å². The highest BCUT2D eigenvalue weighted by Gasteiger charge is 2.24. The van der Waals surface area contributed by atoms with Crippen LogP contribution in [0.2, 0.25) is 0 Å². The Kier molecular flexibility index (Phi) is 7.98. The Labute approximate surface area is 158 Å². The van der Waals surface area contributed by atoms with Crippen LogP contribution >= 0.6 is 35.3 Å². The van der Waals surface area contributed by atoms with Gasteiger partial charge >= 0.3 is 0 Å². The van der Waals surface area contributed by atoms with Crippen LogP contribution in [0.15, 0.2) is 46.1 Å². The molecule has 0 saturated carbocycles. The van der Waals surface area contributed by atoms with Gasteiger partial charge in [0.25, 0.3) is 0 Å². The van der Waals surface area contributed by atoms with Gasteiger partial charge in [0, 0.05) is 25.6 Å². The molecule has 23 heavy (non-hydrogen) atoms. The highest BCUT2D eigenvalue weighted by Crippen LogP contribution is 2.24. The van der Waals surface area contributed by atoms with Crippen LogP contribution in [0.1, 0.15) is 25.0 Å². The smallest absolute Gasteiger partial charge is 0.191 e. The molecule has 0 amide bonds. The van der Waals surface area contributed by atoms with Gasteiger partial charge in [-0.1, -0.05) is 32.0 Å². The Morgan fingerprint density at radius 3 is 2.57 bits per heavy atom. The molecule has 0 unspecified atom stereocenters. The predicted octanol–water partition coefficient (Wildman–Crippen LogP) is 4.15. The number of nitrogens with zero attached hydrogens (tertiary/aromatic N) is 1. The van der Waals surface area contributed by atoms with Crippen molar-refractivity contribution in [2.45, 2.75) is 25.8 Å². The third-order valence-corrected chi connectivity index (χ3v) is 4.30. The zero-order valence-corrected chi connectivity index (χ0v) is 16.7. The van der Waals surface area contributed by atoms with E-state index in [9.17, 15) is 4.39 Å². The summed E-state index contributed by atoms with van der Waals surface area (Å²) < 4.78 is 14.0. The molecule has 126 valence electrons. The van der Waals surface area contributed by atoms with Crippen molar-refractivity contribution in [3.63, 3.8) is 0 Å². The summed E-state index contributed by atoms with van der Waals surface area (Å²) in [5.74, 6) is 0.547. The molecule has 1 aromatic carbocycles. The number of thiophene rings is 1. The molecule has 2 rings (SSSR count). The van der Waals surface area contributed by atoms with Crippen LogP contribution in [-0.2, 0) is 12.0 Å². The van der Waals surface area contributed by atoms with Crippen LogP contribution in [0, 0.1) is 5.82 Å². The van der Waals surface area contributed by atoms with Crippen LogP contribution < -0.4 is 10.6 Å². The lowest BCUT2D eigenvalue weighted by molar-refractivity contribution is 0.473. The molecular weight excluding hydrogens is 424 g/mol. The molecule has 0 saturated heterocycles. The third-order valence-electron chi connectivity index (χ3n) is 3.56. The predicted molar refractivity (Wildman–Crippen MR) is 107 cm³/mol. The molecule has 0 aliphatic rings. The lowest BCUT2D eigenvalue weighted by atomic mass is 9.84. The van der Waals surface area contributed by atoms with Crippen molar-refractivity contribution in [3.8, 4) is 0 Å². The van der Waals surface area contributed by atoms with Crippen LogP contribution in [-0.4, -0.2) is 19.6 Å². The molecule has 6 heteroatoms. The van der Waals surface area contributed by atoms with Gasteiger partial charge in [-0.25, -0.2) is 4.39 Å². The maximum atomic E-state index is 14.0. The Morgan fingerprint density at radius 2 is 1.96 bits per heavy atom. The largest absolute Gasteiger partial charge is 0.356 e. The Balaban J connectivity index is 0.00000264. The minimum atomic E-state index is -0.328. The van der Waals surface area contributed by atoms with E-state index in [1.165, 1.54) is 11.6 Å². The number of guanidine groups is 1. The summed E-state index contributed by atoms with van der Waals surface area (Å²) in [6.07, 6.45) is 0. The molecule has 2 N–H and O–H groups in total. The highest BCUT2D eigenvalue weighted by atomic mass is 127. The normalized spacial score (nSPS) is 11.7. The third kappa shape index (κ3) is 5.76. The van der Waals surface area contributed by atoms with Gasteiger partial charge in [-0.2, -0.15) is 11.3 Å². The van der Waals surface area contributed by atoms with Gasteiger partial charge in [-0.15, -0.1) is 24.0 Å². The molecule has 2 aromatic rings. The van der Waals surface area contributed by atoms with Crippen LogP contribution in [0.25, 0.3) is 0 Å². The first-order valence-electron chi connectivity index (χ1n) is 7.23. The van der Waals surface area contributed by atoms with Gasteiger partial charge in [-0.05, 0) is 34.0 Å². The van der Waals surface area contributed by atoms with E-state index < -0.39 is 0 Å². The lowest BCUT2D eigenvalue weighted by Crippen LogP contribution is -2.43. The quantitative estimate of drug-likeness (QED) is 0.411. The summed E-state index contributed by atoms with van der Waals surface area (Å²) in [6, 6.07) is 8.99. The molecule has 0 aliphatic carbocycles. The second kappa shape index (κ2) is 9.22. The molecule has 1 heterocycles. The molecular formula is C17H23FIN3S. The second-order valence-electron chi connectivity index (χ2n) is 5.77. The molecule has 0 aliphatic heterocycles. The van der Waals surface area contributed by atoms with Crippen molar-refractivity contribution < 1.29 is 4.39 Å². The topological polar surface area (TPSA) is 36.4 Å². The molecule has 3 nitrogen and oxygen atoms in total. The number of halogens is 2. The van der Waals surface area contributed by atoms with Crippen molar-refractivity contribution in [1.82, 2.24) is 10.6 Å². The minimum Gasteiger partial charge on any atom is -0.356 e. The minimum absolute atomic E-state index is 0. The first-order valence-corrected chi connectivity index (χ1v) is 8.18. The van der Waals surface area contributed by atoms with Crippen LogP contribution in [0.3, 0.4) is 0 Å². The average molecular weight is 447 g/mol. The van der Waals surface area contributed by atoms with Crippen molar-refractivity contribution in [2.75, 3.05) is 13.6 Å². The van der Waals surface area contributed by atoms with Crippen LogP contribution in [0.5, 0.6) is 0 Å². The molecule has 0 atom stereocenters. The van der Waals surface area contributed by atoms with E-state index in [2.05, 4.69) is 32.5 Å². The zero-order valence-electron chi connectivity index (χ0n) is 13.6. The average Bonchev–Trinajstić information content (AvgIpc) is 3.01. The Morgan fingerprint density at radius 1 is 1.22 bits per heavy atom. The summed E-state index contributed by atoms with van der Waals surface area (Å²) >= 11 is 1.67. The van der Waals surface area contributed by atoms with Gasteiger partial charge < -0.3 is 10.6 Å². The summed E-state index contributed by atoms with van der Waals surface area (Å²) in [6.45, 7) is 5.36. The first-order chi connectivity index (χ1) is 10.5. The fourth-order valence-corrected chi connectivity index (χ4v) is 2.88. The van der Waals surface area contributed by atoms with E-state index >= 15 is 0 Å². The van der Waals surface area contributed by atoms with Gasteiger partial charge in [-0.3, -0.25) is 4.99 Å². The first kappa shape index (κ1) is 19.9. The van der Waals surface area contributed by atoms with Crippen molar-refractivity contribution >= 4 is 41.3 Å². The number of benzene rings is 1. The monoisotopic (exact) mass is 447 g/mol. The summed E-state index contributed by atoms with van der Waals surface area (Å²) in [7, 11) is 1.74. The number of hydrogen-bond acceptors (Lipinski definition) is 2. The number of nitrogens with one attached hydrogen (secondary N) is 2. The van der Waals surface area contributed by atoms with Crippen molar-refractivity contribution in [1.29, 1.82) is 0 Å². The summed E-state index contributed by atoms with van der Waals surface area (Å²) in [5.41, 5.74) is 1.60. The molecule has 0 fully saturated rings. The number of aliphatic imine (C=N–C) groups is 1. The maximum Gasteiger partial charge on any atom is 0.191 e. The maximum absolute atomic E-state index is 14.0.